The van der Waals surface area contributed by atoms with Crippen LogP contribution in [0.15, 0.2) is 36.5 Å². The fourth-order valence-electron chi connectivity index (χ4n) is 2.60. The number of ketones is 1. The Morgan fingerprint density at radius 2 is 1.80 bits per heavy atom. The van der Waals surface area contributed by atoms with E-state index in [0.29, 0.717) is 5.92 Å². The van der Waals surface area contributed by atoms with Crippen LogP contribution in [0.2, 0.25) is 0 Å². The van der Waals surface area contributed by atoms with Crippen molar-refractivity contribution in [2.45, 2.75) is 20.8 Å². The lowest BCUT2D eigenvalue weighted by atomic mass is 9.91. The van der Waals surface area contributed by atoms with Gasteiger partial charge in [-0.3, -0.25) is 9.78 Å². The van der Waals surface area contributed by atoms with E-state index in [0.717, 1.165) is 27.3 Å². The van der Waals surface area contributed by atoms with Crippen molar-refractivity contribution < 1.29 is 4.79 Å². The molecule has 0 saturated carbocycles. The highest BCUT2D eigenvalue weighted by molar-refractivity contribution is 6.22. The molecule has 3 rings (SSSR count). The first-order chi connectivity index (χ1) is 9.59. The van der Waals surface area contributed by atoms with Crippen LogP contribution in [0.25, 0.3) is 22.9 Å². The molecule has 1 aromatic carbocycles. The molecule has 1 aliphatic carbocycles. The lowest BCUT2D eigenvalue weighted by molar-refractivity contribution is 0.106. The van der Waals surface area contributed by atoms with Crippen LogP contribution in [0.4, 0.5) is 0 Å². The summed E-state index contributed by atoms with van der Waals surface area (Å²) in [4.78, 5) is 16.8. The lowest BCUT2D eigenvalue weighted by Gasteiger charge is -2.14. The molecular weight excluding hydrogens is 246 g/mol. The second-order valence-electron chi connectivity index (χ2n) is 5.51. The number of carbonyl (C=O) groups is 1. The fourth-order valence-corrected chi connectivity index (χ4v) is 2.60. The first-order valence-electron chi connectivity index (χ1n) is 6.91. The number of fused-ring (bicyclic) bond motifs is 3. The molecule has 0 spiro atoms. The average molecular weight is 263 g/mol. The number of aromatic nitrogens is 1. The van der Waals surface area contributed by atoms with Gasteiger partial charge in [0.1, 0.15) is 0 Å². The molecule has 0 saturated heterocycles. The minimum atomic E-state index is 0.0684. The number of benzene rings is 1. The standard InChI is InChI=1S/C18H17NO/c1-11(2)12(3)13-8-9-19-18-15-7-5-4-6-14(15)17(20)10-16(13)18/h4-11H,1-3H3/b13-12-. The van der Waals surface area contributed by atoms with E-state index in [4.69, 9.17) is 0 Å². The molecular formula is C18H17NO. The summed E-state index contributed by atoms with van der Waals surface area (Å²) >= 11 is 0. The van der Waals surface area contributed by atoms with Crippen molar-refractivity contribution in [1.29, 1.82) is 0 Å². The number of pyridine rings is 1. The average Bonchev–Trinajstić information content (AvgIpc) is 2.46. The molecule has 2 nitrogen and oxygen atoms in total. The van der Waals surface area contributed by atoms with E-state index >= 15 is 0 Å². The molecule has 1 aliphatic rings. The van der Waals surface area contributed by atoms with E-state index in [-0.39, 0.29) is 5.78 Å². The maximum absolute atomic E-state index is 12.3. The molecule has 2 aromatic rings. The molecule has 0 bridgehead atoms. The van der Waals surface area contributed by atoms with Crippen LogP contribution in [0.3, 0.4) is 0 Å². The Morgan fingerprint density at radius 1 is 1.10 bits per heavy atom. The molecule has 2 heteroatoms. The molecule has 0 N–H and O–H groups in total. The van der Waals surface area contributed by atoms with Crippen molar-refractivity contribution >= 4 is 17.4 Å². The van der Waals surface area contributed by atoms with Crippen molar-refractivity contribution in [3.05, 3.63) is 52.5 Å². The van der Waals surface area contributed by atoms with Crippen molar-refractivity contribution in [2.24, 2.45) is 5.92 Å². The first kappa shape index (κ1) is 12.8. The van der Waals surface area contributed by atoms with Gasteiger partial charge >= 0.3 is 0 Å². The Bertz CT molecular complexity index is 816. The highest BCUT2D eigenvalue weighted by Crippen LogP contribution is 2.22. The largest absolute Gasteiger partial charge is 0.289 e. The second kappa shape index (κ2) is 4.71. The van der Waals surface area contributed by atoms with Gasteiger partial charge in [0.15, 0.2) is 5.78 Å². The monoisotopic (exact) mass is 263 g/mol. The maximum Gasteiger partial charge on any atom is 0.187 e. The fraction of sp³-hybridized carbons (Fsp3) is 0.222. The van der Waals surface area contributed by atoms with Gasteiger partial charge in [-0.1, -0.05) is 43.7 Å². The predicted octanol–water partition coefficient (Wildman–Crippen LogP) is 2.55. The quantitative estimate of drug-likeness (QED) is 0.791. The third kappa shape index (κ3) is 1.88. The van der Waals surface area contributed by atoms with Gasteiger partial charge in [0.05, 0.1) is 5.69 Å². The summed E-state index contributed by atoms with van der Waals surface area (Å²) < 4.78 is 0. The van der Waals surface area contributed by atoms with E-state index < -0.39 is 0 Å². The predicted molar refractivity (Wildman–Crippen MR) is 81.6 cm³/mol. The zero-order valence-corrected chi connectivity index (χ0v) is 12.0. The third-order valence-electron chi connectivity index (χ3n) is 4.00. The molecule has 0 amide bonds. The van der Waals surface area contributed by atoms with Crippen LogP contribution in [-0.2, 0) is 0 Å². The Morgan fingerprint density at radius 3 is 2.50 bits per heavy atom. The number of nitrogens with zero attached hydrogens (tertiary/aromatic N) is 1. The Balaban J connectivity index is 2.46. The van der Waals surface area contributed by atoms with E-state index in [2.05, 4.69) is 25.8 Å². The van der Waals surface area contributed by atoms with E-state index in [1.807, 2.05) is 36.5 Å². The first-order valence-corrected chi connectivity index (χ1v) is 6.91. The second-order valence-corrected chi connectivity index (χ2v) is 5.51. The summed E-state index contributed by atoms with van der Waals surface area (Å²) in [6.07, 6.45) is 3.56. The van der Waals surface area contributed by atoms with Gasteiger partial charge in [0, 0.05) is 22.5 Å². The van der Waals surface area contributed by atoms with Crippen LogP contribution >= 0.6 is 0 Å². The highest BCUT2D eigenvalue weighted by atomic mass is 16.1. The summed E-state index contributed by atoms with van der Waals surface area (Å²) in [6.45, 7) is 6.46. The van der Waals surface area contributed by atoms with Gasteiger partial charge in [0.2, 0.25) is 0 Å². The zero-order valence-electron chi connectivity index (χ0n) is 12.0. The number of hydrogen-bond acceptors (Lipinski definition) is 2. The number of hydrogen-bond donors (Lipinski definition) is 0. The molecule has 0 atom stereocenters. The topological polar surface area (TPSA) is 30.0 Å². The minimum absolute atomic E-state index is 0.0684. The maximum atomic E-state index is 12.3. The molecule has 1 aromatic heterocycles. The van der Waals surface area contributed by atoms with Crippen LogP contribution in [-0.4, -0.2) is 10.8 Å². The van der Waals surface area contributed by atoms with Gasteiger partial charge in [-0.25, -0.2) is 0 Å². The molecule has 1 heterocycles. The van der Waals surface area contributed by atoms with Crippen LogP contribution in [0.1, 0.15) is 31.1 Å². The normalized spacial score (nSPS) is 14.5. The highest BCUT2D eigenvalue weighted by Gasteiger charge is 2.18. The van der Waals surface area contributed by atoms with Gasteiger partial charge < -0.3 is 0 Å². The Hall–Kier alpha value is -2.22. The van der Waals surface area contributed by atoms with E-state index in [1.165, 1.54) is 5.57 Å². The molecule has 0 fully saturated rings. The van der Waals surface area contributed by atoms with Crippen LogP contribution in [0.5, 0.6) is 0 Å². The van der Waals surface area contributed by atoms with E-state index in [1.54, 1.807) is 6.08 Å². The number of carbonyl (C=O) groups excluding carboxylic acids is 1. The summed E-state index contributed by atoms with van der Waals surface area (Å²) in [5, 5.41) is 2.09. The lowest BCUT2D eigenvalue weighted by Crippen LogP contribution is -2.34. The molecule has 0 radical (unpaired) electrons. The number of Topliss-reactive ketones (excluding diaryl/α,β-unsaturated/α-hetero) is 1. The van der Waals surface area contributed by atoms with Crippen molar-refractivity contribution in [1.82, 2.24) is 4.98 Å². The molecule has 0 unspecified atom stereocenters. The smallest absolute Gasteiger partial charge is 0.187 e. The van der Waals surface area contributed by atoms with Crippen molar-refractivity contribution in [3.63, 3.8) is 0 Å². The summed E-state index contributed by atoms with van der Waals surface area (Å²) in [5.41, 5.74) is 3.88. The van der Waals surface area contributed by atoms with Crippen LogP contribution in [0, 0.1) is 5.92 Å². The van der Waals surface area contributed by atoms with E-state index in [9.17, 15) is 4.79 Å². The summed E-state index contributed by atoms with van der Waals surface area (Å²) in [5.74, 6) is 0.515. The minimum Gasteiger partial charge on any atom is -0.289 e. The van der Waals surface area contributed by atoms with Gasteiger partial charge in [-0.05, 0) is 30.2 Å². The Kier molecular flexibility index (Phi) is 3.01. The van der Waals surface area contributed by atoms with Gasteiger partial charge in [-0.2, -0.15) is 0 Å². The summed E-state index contributed by atoms with van der Waals surface area (Å²) in [7, 11) is 0. The van der Waals surface area contributed by atoms with Crippen molar-refractivity contribution in [3.8, 4) is 11.3 Å². The molecule has 100 valence electrons. The van der Waals surface area contributed by atoms with Crippen LogP contribution < -0.4 is 10.4 Å². The Labute approximate surface area is 118 Å². The molecule has 20 heavy (non-hydrogen) atoms. The van der Waals surface area contributed by atoms with Gasteiger partial charge in [0.25, 0.3) is 0 Å². The number of rotatable bonds is 1. The SMILES string of the molecule is C/C(=c1\ccnc2c1=CC(=O)c1ccccc1-2)C(C)C. The van der Waals surface area contributed by atoms with Gasteiger partial charge in [-0.15, -0.1) is 0 Å². The van der Waals surface area contributed by atoms with Crippen molar-refractivity contribution in [2.75, 3.05) is 0 Å². The zero-order chi connectivity index (χ0) is 14.3. The summed E-state index contributed by atoms with van der Waals surface area (Å²) in [6, 6.07) is 9.69. The molecule has 0 aliphatic heterocycles. The third-order valence-corrected chi connectivity index (χ3v) is 4.00.